The van der Waals surface area contributed by atoms with E-state index in [2.05, 4.69) is 24.5 Å². The van der Waals surface area contributed by atoms with Gasteiger partial charge in [-0.3, -0.25) is 0 Å². The minimum absolute atomic E-state index is 0.317. The molecular formula is C10H18N2S. The van der Waals surface area contributed by atoms with Crippen LogP contribution in [0.15, 0.2) is 0 Å². The van der Waals surface area contributed by atoms with Crippen molar-refractivity contribution in [1.29, 1.82) is 0 Å². The van der Waals surface area contributed by atoms with Crippen molar-refractivity contribution in [2.75, 3.05) is 0 Å². The van der Waals surface area contributed by atoms with E-state index >= 15 is 0 Å². The largest absolute Gasteiger partial charge is 0.360 e. The Morgan fingerprint density at radius 1 is 1.38 bits per heavy atom. The van der Waals surface area contributed by atoms with Gasteiger partial charge in [0.1, 0.15) is 0 Å². The van der Waals surface area contributed by atoms with Crippen LogP contribution in [-0.4, -0.2) is 16.7 Å². The maximum atomic E-state index is 5.25. The van der Waals surface area contributed by atoms with Crippen molar-refractivity contribution in [1.82, 2.24) is 10.6 Å². The van der Waals surface area contributed by atoms with Gasteiger partial charge in [0.15, 0.2) is 5.11 Å². The molecule has 0 aliphatic heterocycles. The summed E-state index contributed by atoms with van der Waals surface area (Å²) in [5.74, 6) is 0.798. The van der Waals surface area contributed by atoms with E-state index in [9.17, 15) is 0 Å². The van der Waals surface area contributed by atoms with Crippen molar-refractivity contribution in [3.8, 4) is 0 Å². The highest BCUT2D eigenvalue weighted by Gasteiger charge is 2.38. The zero-order valence-electron chi connectivity index (χ0n) is 8.39. The van der Waals surface area contributed by atoms with Crippen LogP contribution in [0.4, 0.5) is 0 Å². The summed E-state index contributed by atoms with van der Waals surface area (Å²) in [5, 5.41) is 7.61. The molecule has 13 heavy (non-hydrogen) atoms. The van der Waals surface area contributed by atoms with Crippen molar-refractivity contribution in [2.45, 2.75) is 51.1 Å². The van der Waals surface area contributed by atoms with Gasteiger partial charge in [0.05, 0.1) is 0 Å². The molecule has 2 atom stereocenters. The molecule has 0 amide bonds. The quantitative estimate of drug-likeness (QED) is 0.662. The molecule has 2 unspecified atom stereocenters. The Morgan fingerprint density at radius 3 is 2.46 bits per heavy atom. The van der Waals surface area contributed by atoms with E-state index in [4.69, 9.17) is 12.2 Å². The fourth-order valence-electron chi connectivity index (χ4n) is 1.67. The van der Waals surface area contributed by atoms with Crippen LogP contribution >= 0.6 is 12.2 Å². The van der Waals surface area contributed by atoms with Crippen molar-refractivity contribution in [3.05, 3.63) is 0 Å². The molecule has 0 saturated heterocycles. The van der Waals surface area contributed by atoms with Gasteiger partial charge < -0.3 is 10.6 Å². The van der Waals surface area contributed by atoms with Crippen LogP contribution in [0, 0.1) is 5.92 Å². The molecule has 0 aromatic heterocycles. The van der Waals surface area contributed by atoms with Gasteiger partial charge in [0.2, 0.25) is 0 Å². The zero-order valence-corrected chi connectivity index (χ0v) is 9.21. The summed E-state index contributed by atoms with van der Waals surface area (Å²) in [6, 6.07) is 0.627. The highest BCUT2D eigenvalue weighted by molar-refractivity contribution is 7.80. The van der Waals surface area contributed by atoms with Crippen LogP contribution < -0.4 is 10.6 Å². The monoisotopic (exact) mass is 198 g/mol. The predicted octanol–water partition coefficient (Wildman–Crippen LogP) is 1.80. The fourth-order valence-corrected chi connectivity index (χ4v) is 2.07. The van der Waals surface area contributed by atoms with E-state index in [1.54, 1.807) is 0 Å². The lowest BCUT2D eigenvalue weighted by Gasteiger charge is -2.35. The highest BCUT2D eigenvalue weighted by atomic mass is 32.1. The van der Waals surface area contributed by atoms with Crippen LogP contribution in [0.25, 0.3) is 0 Å². The molecule has 2 fully saturated rings. The third-order valence-electron chi connectivity index (χ3n) is 3.35. The van der Waals surface area contributed by atoms with Gasteiger partial charge >= 0.3 is 0 Å². The van der Waals surface area contributed by atoms with Gasteiger partial charge in [0.25, 0.3) is 0 Å². The SMILES string of the molecule is CC1CCC1NC(=S)NC1(C)CC1. The lowest BCUT2D eigenvalue weighted by molar-refractivity contribution is 0.256. The van der Waals surface area contributed by atoms with Crippen LogP contribution in [0.1, 0.15) is 39.5 Å². The van der Waals surface area contributed by atoms with Crippen molar-refractivity contribution < 1.29 is 0 Å². The summed E-state index contributed by atoms with van der Waals surface area (Å²) >= 11 is 5.25. The first-order chi connectivity index (χ1) is 6.09. The lowest BCUT2D eigenvalue weighted by Crippen LogP contribution is -2.51. The first-order valence-corrected chi connectivity index (χ1v) is 5.59. The van der Waals surface area contributed by atoms with Gasteiger partial charge in [-0.1, -0.05) is 6.92 Å². The molecule has 2 aliphatic carbocycles. The third kappa shape index (κ3) is 2.13. The summed E-state index contributed by atoms with van der Waals surface area (Å²) in [4.78, 5) is 0. The molecule has 2 nitrogen and oxygen atoms in total. The minimum atomic E-state index is 0.317. The molecule has 0 spiro atoms. The van der Waals surface area contributed by atoms with Crippen LogP contribution in [0.3, 0.4) is 0 Å². The number of hydrogen-bond acceptors (Lipinski definition) is 1. The molecule has 0 heterocycles. The second-order valence-electron chi connectivity index (χ2n) is 4.82. The van der Waals surface area contributed by atoms with Crippen LogP contribution in [0.2, 0.25) is 0 Å². The second-order valence-corrected chi connectivity index (χ2v) is 5.23. The molecule has 0 aromatic rings. The molecule has 74 valence electrons. The van der Waals surface area contributed by atoms with Crippen molar-refractivity contribution in [2.24, 2.45) is 5.92 Å². The molecule has 0 radical (unpaired) electrons. The summed E-state index contributed by atoms with van der Waals surface area (Å²) in [7, 11) is 0. The lowest BCUT2D eigenvalue weighted by atomic mass is 9.81. The van der Waals surface area contributed by atoms with E-state index in [1.807, 2.05) is 0 Å². The normalized spacial score (nSPS) is 34.6. The number of nitrogens with one attached hydrogen (secondary N) is 2. The van der Waals surface area contributed by atoms with E-state index in [-0.39, 0.29) is 0 Å². The number of thiocarbonyl (C=S) groups is 1. The Bertz CT molecular complexity index is 223. The summed E-state index contributed by atoms with van der Waals surface area (Å²) < 4.78 is 0. The summed E-state index contributed by atoms with van der Waals surface area (Å²) in [6.45, 7) is 4.51. The molecular weight excluding hydrogens is 180 g/mol. The average Bonchev–Trinajstić information content (AvgIpc) is 2.76. The Morgan fingerprint density at radius 2 is 2.08 bits per heavy atom. The number of hydrogen-bond donors (Lipinski definition) is 2. The minimum Gasteiger partial charge on any atom is -0.360 e. The van der Waals surface area contributed by atoms with Gasteiger partial charge in [-0.2, -0.15) is 0 Å². The average molecular weight is 198 g/mol. The van der Waals surface area contributed by atoms with Gasteiger partial charge in [-0.15, -0.1) is 0 Å². The Hall–Kier alpha value is -0.310. The molecule has 2 saturated carbocycles. The molecule has 0 aromatic carbocycles. The maximum absolute atomic E-state index is 5.25. The zero-order chi connectivity index (χ0) is 9.47. The smallest absolute Gasteiger partial charge is 0.166 e. The first-order valence-electron chi connectivity index (χ1n) is 5.18. The summed E-state index contributed by atoms with van der Waals surface area (Å²) in [5.41, 5.74) is 0.317. The van der Waals surface area contributed by atoms with E-state index in [0.717, 1.165) is 11.0 Å². The van der Waals surface area contributed by atoms with Crippen molar-refractivity contribution in [3.63, 3.8) is 0 Å². The molecule has 0 bridgehead atoms. The Kier molecular flexibility index (Phi) is 2.22. The standard InChI is InChI=1S/C10H18N2S/c1-7-3-4-8(7)11-9(13)12-10(2)5-6-10/h7-8H,3-6H2,1-2H3,(H2,11,12,13). The van der Waals surface area contributed by atoms with Crippen molar-refractivity contribution >= 4 is 17.3 Å². The van der Waals surface area contributed by atoms with E-state index in [0.29, 0.717) is 11.6 Å². The van der Waals surface area contributed by atoms with Crippen LogP contribution in [-0.2, 0) is 0 Å². The van der Waals surface area contributed by atoms with E-state index in [1.165, 1.54) is 25.7 Å². The summed E-state index contributed by atoms with van der Waals surface area (Å²) in [6.07, 6.45) is 5.14. The third-order valence-corrected chi connectivity index (χ3v) is 3.57. The molecule has 2 aliphatic rings. The fraction of sp³-hybridized carbons (Fsp3) is 0.900. The molecule has 2 N–H and O–H groups in total. The predicted molar refractivity (Wildman–Crippen MR) is 58.7 cm³/mol. The van der Waals surface area contributed by atoms with Gasteiger partial charge in [0, 0.05) is 11.6 Å². The van der Waals surface area contributed by atoms with E-state index < -0.39 is 0 Å². The molecule has 2 rings (SSSR count). The number of rotatable bonds is 2. The maximum Gasteiger partial charge on any atom is 0.166 e. The van der Waals surface area contributed by atoms with Gasteiger partial charge in [-0.25, -0.2) is 0 Å². The topological polar surface area (TPSA) is 24.1 Å². The first kappa shape index (κ1) is 9.25. The second kappa shape index (κ2) is 3.12. The highest BCUT2D eigenvalue weighted by Crippen LogP contribution is 2.34. The van der Waals surface area contributed by atoms with Gasteiger partial charge in [-0.05, 0) is 50.7 Å². The Labute approximate surface area is 85.5 Å². The Balaban J connectivity index is 1.72. The van der Waals surface area contributed by atoms with Crippen LogP contribution in [0.5, 0.6) is 0 Å². The molecule has 3 heteroatoms.